The summed E-state index contributed by atoms with van der Waals surface area (Å²) in [7, 11) is 1.63. The molecule has 0 amide bonds. The van der Waals surface area contributed by atoms with Gasteiger partial charge >= 0.3 is 0 Å². The highest BCUT2D eigenvalue weighted by molar-refractivity contribution is 5.46. The first-order valence-electron chi connectivity index (χ1n) is 4.99. The third-order valence-corrected chi connectivity index (χ3v) is 2.08. The van der Waals surface area contributed by atoms with Crippen LogP contribution in [0.1, 0.15) is 0 Å². The lowest BCUT2D eigenvalue weighted by Gasteiger charge is -2.07. The minimum atomic E-state index is 0.197. The van der Waals surface area contributed by atoms with Gasteiger partial charge < -0.3 is 23.7 Å². The highest BCUT2D eigenvalue weighted by atomic mass is 16.7. The van der Waals surface area contributed by atoms with Gasteiger partial charge in [-0.15, -0.1) is 0 Å². The molecule has 1 heterocycles. The van der Waals surface area contributed by atoms with Crippen molar-refractivity contribution in [2.24, 2.45) is 0 Å². The van der Waals surface area contributed by atoms with Gasteiger partial charge in [-0.3, -0.25) is 0 Å². The first-order chi connectivity index (χ1) is 7.90. The van der Waals surface area contributed by atoms with Crippen LogP contribution in [0.5, 0.6) is 17.2 Å². The summed E-state index contributed by atoms with van der Waals surface area (Å²) in [6, 6.07) is 5.40. The lowest BCUT2D eigenvalue weighted by Crippen LogP contribution is -2.07. The van der Waals surface area contributed by atoms with Crippen LogP contribution in [0.15, 0.2) is 18.2 Å². The SMILES string of the molecule is COCCOCOc1ccc2c(c1)OCO2. The van der Waals surface area contributed by atoms with Crippen molar-refractivity contribution in [3.05, 3.63) is 18.2 Å². The number of benzene rings is 1. The quantitative estimate of drug-likeness (QED) is 0.542. The molecule has 1 aliphatic rings. The Kier molecular flexibility index (Phi) is 3.85. The molecule has 0 aliphatic carbocycles. The molecule has 16 heavy (non-hydrogen) atoms. The molecule has 1 aromatic carbocycles. The molecule has 0 saturated heterocycles. The molecule has 1 aliphatic heterocycles. The Hall–Kier alpha value is -1.46. The van der Waals surface area contributed by atoms with Gasteiger partial charge in [-0.2, -0.15) is 0 Å². The van der Waals surface area contributed by atoms with E-state index in [1.54, 1.807) is 13.2 Å². The van der Waals surface area contributed by atoms with Gasteiger partial charge in [0.25, 0.3) is 0 Å². The first-order valence-corrected chi connectivity index (χ1v) is 4.99. The summed E-state index contributed by atoms with van der Waals surface area (Å²) in [5.74, 6) is 2.14. The third kappa shape index (κ3) is 2.77. The third-order valence-electron chi connectivity index (χ3n) is 2.08. The fourth-order valence-electron chi connectivity index (χ4n) is 1.28. The van der Waals surface area contributed by atoms with Crippen molar-refractivity contribution in [1.82, 2.24) is 0 Å². The van der Waals surface area contributed by atoms with Crippen LogP contribution < -0.4 is 14.2 Å². The van der Waals surface area contributed by atoms with E-state index in [2.05, 4.69) is 0 Å². The second-order valence-electron chi connectivity index (χ2n) is 3.18. The molecular weight excluding hydrogens is 212 g/mol. The average Bonchev–Trinajstić information content (AvgIpc) is 2.76. The van der Waals surface area contributed by atoms with E-state index in [4.69, 9.17) is 23.7 Å². The van der Waals surface area contributed by atoms with Crippen molar-refractivity contribution in [3.63, 3.8) is 0 Å². The zero-order valence-corrected chi connectivity index (χ0v) is 9.10. The Morgan fingerprint density at radius 2 is 2.06 bits per heavy atom. The molecule has 0 bridgehead atoms. The van der Waals surface area contributed by atoms with Gasteiger partial charge in [-0.05, 0) is 12.1 Å². The molecule has 0 radical (unpaired) electrons. The molecule has 0 fully saturated rings. The van der Waals surface area contributed by atoms with Gasteiger partial charge in [0.15, 0.2) is 18.3 Å². The number of hydrogen-bond donors (Lipinski definition) is 0. The summed E-state index contributed by atoms with van der Waals surface area (Å²) in [6.45, 7) is 1.54. The van der Waals surface area contributed by atoms with Crippen LogP contribution in [0.3, 0.4) is 0 Å². The second-order valence-corrected chi connectivity index (χ2v) is 3.18. The zero-order valence-electron chi connectivity index (χ0n) is 9.10. The average molecular weight is 226 g/mol. The molecule has 0 spiro atoms. The van der Waals surface area contributed by atoms with Crippen molar-refractivity contribution in [2.75, 3.05) is 33.9 Å². The number of hydrogen-bond acceptors (Lipinski definition) is 5. The molecule has 0 saturated carbocycles. The Bertz CT molecular complexity index is 339. The Morgan fingerprint density at radius 1 is 1.19 bits per heavy atom. The van der Waals surface area contributed by atoms with Crippen LogP contribution in [0.2, 0.25) is 0 Å². The van der Waals surface area contributed by atoms with Crippen molar-refractivity contribution in [1.29, 1.82) is 0 Å². The van der Waals surface area contributed by atoms with E-state index in [1.807, 2.05) is 12.1 Å². The van der Waals surface area contributed by atoms with Gasteiger partial charge in [-0.25, -0.2) is 0 Å². The van der Waals surface area contributed by atoms with Gasteiger partial charge in [-0.1, -0.05) is 0 Å². The fraction of sp³-hybridized carbons (Fsp3) is 0.455. The summed E-state index contributed by atoms with van der Waals surface area (Å²) >= 11 is 0. The molecule has 0 N–H and O–H groups in total. The summed E-state index contributed by atoms with van der Waals surface area (Å²) < 4.78 is 25.8. The van der Waals surface area contributed by atoms with Crippen LogP contribution in [0.25, 0.3) is 0 Å². The highest BCUT2D eigenvalue weighted by Gasteiger charge is 2.13. The maximum atomic E-state index is 5.36. The van der Waals surface area contributed by atoms with Gasteiger partial charge in [0, 0.05) is 13.2 Å². The van der Waals surface area contributed by atoms with Gasteiger partial charge in [0.05, 0.1) is 13.2 Å². The molecule has 2 rings (SSSR count). The maximum absolute atomic E-state index is 5.36. The van der Waals surface area contributed by atoms with Crippen LogP contribution >= 0.6 is 0 Å². The molecule has 5 heteroatoms. The van der Waals surface area contributed by atoms with E-state index in [0.29, 0.717) is 24.7 Å². The van der Waals surface area contributed by atoms with E-state index < -0.39 is 0 Å². The van der Waals surface area contributed by atoms with E-state index in [1.165, 1.54) is 0 Å². The van der Waals surface area contributed by atoms with Crippen LogP contribution in [-0.4, -0.2) is 33.9 Å². The Morgan fingerprint density at radius 3 is 2.94 bits per heavy atom. The summed E-state index contributed by atoms with van der Waals surface area (Å²) in [6.07, 6.45) is 0. The van der Waals surface area contributed by atoms with E-state index in [-0.39, 0.29) is 13.6 Å². The molecule has 0 atom stereocenters. The maximum Gasteiger partial charge on any atom is 0.231 e. The second kappa shape index (κ2) is 5.58. The highest BCUT2D eigenvalue weighted by Crippen LogP contribution is 2.34. The number of fused-ring (bicyclic) bond motifs is 1. The zero-order chi connectivity index (χ0) is 11.2. The summed E-state index contributed by atoms with van der Waals surface area (Å²) in [4.78, 5) is 0. The number of ether oxygens (including phenoxy) is 5. The predicted molar refractivity (Wildman–Crippen MR) is 55.9 cm³/mol. The lowest BCUT2D eigenvalue weighted by molar-refractivity contribution is -0.00852. The van der Waals surface area contributed by atoms with Crippen LogP contribution in [0, 0.1) is 0 Å². The van der Waals surface area contributed by atoms with Crippen LogP contribution in [0.4, 0.5) is 0 Å². The van der Waals surface area contributed by atoms with Crippen LogP contribution in [-0.2, 0) is 9.47 Å². The number of methoxy groups -OCH3 is 1. The molecule has 0 unspecified atom stereocenters. The molecular formula is C11H14O5. The standard InChI is InChI=1S/C11H14O5/c1-12-4-5-13-7-14-9-2-3-10-11(6-9)16-8-15-10/h2-3,6H,4-5,7-8H2,1H3. The predicted octanol–water partition coefficient (Wildman–Crippen LogP) is 1.41. The summed E-state index contributed by atoms with van der Waals surface area (Å²) in [5, 5.41) is 0. The first kappa shape index (κ1) is 11.0. The molecule has 0 aromatic heterocycles. The normalized spacial score (nSPS) is 12.8. The van der Waals surface area contributed by atoms with Crippen molar-refractivity contribution in [2.45, 2.75) is 0 Å². The minimum Gasteiger partial charge on any atom is -0.467 e. The minimum absolute atomic E-state index is 0.197. The monoisotopic (exact) mass is 226 g/mol. The Balaban J connectivity index is 1.77. The van der Waals surface area contributed by atoms with E-state index >= 15 is 0 Å². The van der Waals surface area contributed by atoms with Crippen molar-refractivity contribution in [3.8, 4) is 17.2 Å². The van der Waals surface area contributed by atoms with Crippen molar-refractivity contribution < 1.29 is 23.7 Å². The lowest BCUT2D eigenvalue weighted by atomic mass is 10.3. The van der Waals surface area contributed by atoms with Crippen molar-refractivity contribution >= 4 is 0 Å². The topological polar surface area (TPSA) is 46.2 Å². The van der Waals surface area contributed by atoms with Gasteiger partial charge in [0.2, 0.25) is 6.79 Å². The molecule has 1 aromatic rings. The van der Waals surface area contributed by atoms with E-state index in [9.17, 15) is 0 Å². The summed E-state index contributed by atoms with van der Waals surface area (Å²) in [5.41, 5.74) is 0. The molecule has 88 valence electrons. The smallest absolute Gasteiger partial charge is 0.231 e. The Labute approximate surface area is 93.8 Å². The molecule has 5 nitrogen and oxygen atoms in total. The largest absolute Gasteiger partial charge is 0.467 e. The van der Waals surface area contributed by atoms with E-state index in [0.717, 1.165) is 5.75 Å². The number of rotatable bonds is 6. The van der Waals surface area contributed by atoms with Gasteiger partial charge in [0.1, 0.15) is 5.75 Å². The fourth-order valence-corrected chi connectivity index (χ4v) is 1.28.